The summed E-state index contributed by atoms with van der Waals surface area (Å²) in [5.41, 5.74) is 2.07. The van der Waals surface area contributed by atoms with E-state index in [4.69, 9.17) is 4.74 Å². The molecule has 0 bridgehead atoms. The van der Waals surface area contributed by atoms with Gasteiger partial charge in [-0.2, -0.15) is 22.0 Å². The van der Waals surface area contributed by atoms with Crippen LogP contribution in [0.25, 0.3) is 0 Å². The SMILES string of the molecule is CS[C@@]1(c2ccc(O)cc2)COc2cc(O)ccc2[C@@H]1CCCCCCCC[C@@H](CCCC(F)(F)C(F)(F)F)C(=O)O. The van der Waals surface area contributed by atoms with Crippen molar-refractivity contribution in [2.45, 2.75) is 93.4 Å². The zero-order valence-electron chi connectivity index (χ0n) is 23.6. The van der Waals surface area contributed by atoms with Gasteiger partial charge >= 0.3 is 18.1 Å². The van der Waals surface area contributed by atoms with Gasteiger partial charge in [-0.25, -0.2) is 0 Å². The van der Waals surface area contributed by atoms with E-state index in [2.05, 4.69) is 0 Å². The minimum Gasteiger partial charge on any atom is -0.508 e. The van der Waals surface area contributed by atoms with E-state index in [-0.39, 0.29) is 35.0 Å². The van der Waals surface area contributed by atoms with Gasteiger partial charge in [-0.1, -0.05) is 56.7 Å². The lowest BCUT2D eigenvalue weighted by molar-refractivity contribution is -0.284. The van der Waals surface area contributed by atoms with Crippen molar-refractivity contribution in [1.29, 1.82) is 0 Å². The summed E-state index contributed by atoms with van der Waals surface area (Å²) in [6, 6.07) is 12.4. The monoisotopic (exact) mass is 618 g/mol. The predicted molar refractivity (Wildman–Crippen MR) is 153 cm³/mol. The lowest BCUT2D eigenvalue weighted by Gasteiger charge is -2.44. The third-order valence-corrected chi connectivity index (χ3v) is 9.57. The maximum Gasteiger partial charge on any atom is 0.453 e. The molecule has 0 amide bonds. The van der Waals surface area contributed by atoms with Gasteiger partial charge in [0.1, 0.15) is 23.9 Å². The van der Waals surface area contributed by atoms with Crippen LogP contribution in [-0.2, 0) is 9.54 Å². The van der Waals surface area contributed by atoms with Crippen LogP contribution >= 0.6 is 11.8 Å². The third kappa shape index (κ3) is 8.45. The molecular formula is C31H39F5O5S. The molecule has 11 heteroatoms. The van der Waals surface area contributed by atoms with Crippen LogP contribution in [-0.4, -0.2) is 46.3 Å². The molecule has 0 aliphatic carbocycles. The van der Waals surface area contributed by atoms with Crippen molar-refractivity contribution >= 4 is 17.7 Å². The maximum absolute atomic E-state index is 13.1. The van der Waals surface area contributed by atoms with Gasteiger partial charge in [0.15, 0.2) is 0 Å². The Bertz CT molecular complexity index is 1160. The summed E-state index contributed by atoms with van der Waals surface area (Å²) in [4.78, 5) is 11.5. The van der Waals surface area contributed by atoms with Crippen LogP contribution in [0.1, 0.15) is 87.7 Å². The first kappa shape index (κ1) is 33.8. The van der Waals surface area contributed by atoms with Crippen LogP contribution in [0, 0.1) is 5.92 Å². The highest BCUT2D eigenvalue weighted by Gasteiger charge is 2.56. The molecule has 0 unspecified atom stereocenters. The molecule has 0 spiro atoms. The van der Waals surface area contributed by atoms with Gasteiger partial charge in [-0.05, 0) is 61.3 Å². The van der Waals surface area contributed by atoms with Crippen LogP contribution in [0.4, 0.5) is 22.0 Å². The standard InChI is InChI=1S/C31H39F5O5S/c1-42-29(22-12-14-23(37)15-13-22)20-41-27-19-24(38)16-17-25(27)26(29)11-7-5-3-2-4-6-9-21(28(39)40)10-8-18-30(32,33)31(34,35)36/h12-17,19,21,26,37-38H,2-11,18,20H2,1H3,(H,39,40)/t21-,26-,29+/m0/s1. The number of fused-ring (bicyclic) bond motifs is 1. The highest BCUT2D eigenvalue weighted by atomic mass is 32.2. The van der Waals surface area contributed by atoms with E-state index in [1.54, 1.807) is 36.0 Å². The molecule has 0 radical (unpaired) electrons. The maximum atomic E-state index is 13.1. The number of phenolic OH excluding ortho intramolecular Hbond substituents is 2. The largest absolute Gasteiger partial charge is 0.508 e. The zero-order chi connectivity index (χ0) is 31.0. The van der Waals surface area contributed by atoms with Crippen LogP contribution < -0.4 is 4.74 Å². The van der Waals surface area contributed by atoms with Gasteiger partial charge in [-0.15, -0.1) is 11.8 Å². The molecule has 1 heterocycles. The van der Waals surface area contributed by atoms with Gasteiger partial charge in [0, 0.05) is 18.4 Å². The van der Waals surface area contributed by atoms with E-state index in [9.17, 15) is 42.1 Å². The fourth-order valence-corrected chi connectivity index (χ4v) is 6.84. The Morgan fingerprint density at radius 3 is 2.14 bits per heavy atom. The van der Waals surface area contributed by atoms with E-state index in [0.717, 1.165) is 49.7 Å². The second-order valence-corrected chi connectivity index (χ2v) is 12.2. The average molecular weight is 619 g/mol. The summed E-state index contributed by atoms with van der Waals surface area (Å²) in [6.07, 6.45) is 0.419. The van der Waals surface area contributed by atoms with Crippen molar-refractivity contribution in [2.75, 3.05) is 12.9 Å². The van der Waals surface area contributed by atoms with Crippen molar-refractivity contribution in [2.24, 2.45) is 5.92 Å². The summed E-state index contributed by atoms with van der Waals surface area (Å²) < 4.78 is 69.0. The quantitative estimate of drug-likeness (QED) is 0.129. The zero-order valence-corrected chi connectivity index (χ0v) is 24.5. The molecule has 3 atom stereocenters. The van der Waals surface area contributed by atoms with Crippen molar-refractivity contribution in [3.63, 3.8) is 0 Å². The van der Waals surface area contributed by atoms with Crippen molar-refractivity contribution in [3.8, 4) is 17.2 Å². The van der Waals surface area contributed by atoms with Gasteiger partial charge < -0.3 is 20.1 Å². The fraction of sp³-hybridized carbons (Fsp3) is 0.581. The number of hydrogen-bond acceptors (Lipinski definition) is 5. The molecule has 1 aliphatic rings. The lowest BCUT2D eigenvalue weighted by Crippen LogP contribution is -2.40. The van der Waals surface area contributed by atoms with E-state index >= 15 is 0 Å². The Hall–Kier alpha value is -2.69. The number of aromatic hydroxyl groups is 2. The number of thioether (sulfide) groups is 1. The number of benzene rings is 2. The molecule has 3 N–H and O–H groups in total. The normalized spacial score (nSPS) is 19.6. The van der Waals surface area contributed by atoms with E-state index in [1.165, 1.54) is 0 Å². The molecule has 0 fully saturated rings. The molecule has 0 saturated carbocycles. The van der Waals surface area contributed by atoms with Crippen LogP contribution in [0.5, 0.6) is 17.2 Å². The summed E-state index contributed by atoms with van der Waals surface area (Å²) >= 11 is 1.70. The smallest absolute Gasteiger partial charge is 0.453 e. The Morgan fingerprint density at radius 1 is 0.929 bits per heavy atom. The molecule has 0 aromatic heterocycles. The molecule has 2 aromatic rings. The Kier molecular flexibility index (Phi) is 11.8. The van der Waals surface area contributed by atoms with Crippen molar-refractivity contribution in [3.05, 3.63) is 53.6 Å². The number of aliphatic carboxylic acids is 1. The highest BCUT2D eigenvalue weighted by Crippen LogP contribution is 2.55. The number of hydrogen-bond donors (Lipinski definition) is 3. The minimum atomic E-state index is -5.62. The lowest BCUT2D eigenvalue weighted by atomic mass is 9.76. The molecule has 42 heavy (non-hydrogen) atoms. The summed E-state index contributed by atoms with van der Waals surface area (Å²) in [5, 5.41) is 29.2. The number of alkyl halides is 5. The molecule has 5 nitrogen and oxygen atoms in total. The molecule has 0 saturated heterocycles. The Labute approximate surface area is 247 Å². The topological polar surface area (TPSA) is 87.0 Å². The molecule has 2 aromatic carbocycles. The highest BCUT2D eigenvalue weighted by molar-refractivity contribution is 7.99. The number of carboxylic acid groups (broad SMARTS) is 1. The number of unbranched alkanes of at least 4 members (excludes halogenated alkanes) is 5. The van der Waals surface area contributed by atoms with Crippen molar-refractivity contribution < 1.29 is 46.8 Å². The first-order valence-electron chi connectivity index (χ1n) is 14.3. The van der Waals surface area contributed by atoms with Gasteiger partial charge in [0.2, 0.25) is 0 Å². The van der Waals surface area contributed by atoms with E-state index in [1.807, 2.05) is 24.5 Å². The summed E-state index contributed by atoms with van der Waals surface area (Å²) in [5.74, 6) is -5.81. The molecule has 234 valence electrons. The number of ether oxygens (including phenoxy) is 1. The van der Waals surface area contributed by atoms with Crippen LogP contribution in [0.2, 0.25) is 0 Å². The van der Waals surface area contributed by atoms with Gasteiger partial charge in [-0.3, -0.25) is 4.79 Å². The number of carboxylic acids is 1. The Morgan fingerprint density at radius 2 is 1.52 bits per heavy atom. The first-order chi connectivity index (χ1) is 19.8. The number of halogens is 5. The second-order valence-electron chi connectivity index (χ2n) is 11.0. The van der Waals surface area contributed by atoms with E-state index < -0.39 is 36.8 Å². The van der Waals surface area contributed by atoms with E-state index in [0.29, 0.717) is 18.8 Å². The number of carbonyl (C=O) groups is 1. The van der Waals surface area contributed by atoms with Gasteiger partial charge in [0.05, 0.1) is 10.7 Å². The third-order valence-electron chi connectivity index (χ3n) is 8.20. The predicted octanol–water partition coefficient (Wildman–Crippen LogP) is 9.02. The molecular weight excluding hydrogens is 579 g/mol. The van der Waals surface area contributed by atoms with Crippen LogP contribution in [0.15, 0.2) is 42.5 Å². The Balaban J connectivity index is 1.49. The summed E-state index contributed by atoms with van der Waals surface area (Å²) in [7, 11) is 0. The second kappa shape index (κ2) is 14.7. The average Bonchev–Trinajstić information content (AvgIpc) is 2.93. The molecule has 3 rings (SSSR count). The molecule has 1 aliphatic heterocycles. The van der Waals surface area contributed by atoms with Crippen LogP contribution in [0.3, 0.4) is 0 Å². The summed E-state index contributed by atoms with van der Waals surface area (Å²) in [6.45, 7) is 0.415. The van der Waals surface area contributed by atoms with Crippen molar-refractivity contribution in [1.82, 2.24) is 0 Å². The minimum absolute atomic E-state index is 0.0995. The first-order valence-corrected chi connectivity index (χ1v) is 15.5. The van der Waals surface area contributed by atoms with Gasteiger partial charge in [0.25, 0.3) is 0 Å². The fourth-order valence-electron chi connectivity index (χ4n) is 5.76. The number of rotatable bonds is 16. The number of phenols is 2.